The molecule has 0 radical (unpaired) electrons. The number of anilines is 2. The lowest BCUT2D eigenvalue weighted by molar-refractivity contribution is -0.119. The zero-order valence-electron chi connectivity index (χ0n) is 14.4. The Morgan fingerprint density at radius 3 is 2.32 bits per heavy atom. The Labute approximate surface area is 146 Å². The van der Waals surface area contributed by atoms with Gasteiger partial charge in [-0.15, -0.1) is 0 Å². The lowest BCUT2D eigenvalue weighted by atomic mass is 10.1. The number of ether oxygens (including phenoxy) is 1. The Morgan fingerprint density at radius 2 is 1.64 bits per heavy atom. The smallest absolute Gasteiger partial charge is 0.338 e. The first-order valence-corrected chi connectivity index (χ1v) is 7.77. The van der Waals surface area contributed by atoms with Crippen molar-refractivity contribution in [2.24, 2.45) is 0 Å². The Kier molecular flexibility index (Phi) is 5.89. The summed E-state index contributed by atoms with van der Waals surface area (Å²) in [6, 6.07) is 12.2. The van der Waals surface area contributed by atoms with Crippen molar-refractivity contribution < 1.29 is 19.1 Å². The third kappa shape index (κ3) is 5.46. The highest BCUT2D eigenvalue weighted by molar-refractivity contribution is 5.97. The van der Waals surface area contributed by atoms with Crippen LogP contribution in [0.25, 0.3) is 0 Å². The quantitative estimate of drug-likeness (QED) is 0.819. The molecule has 2 aromatic carbocycles. The van der Waals surface area contributed by atoms with Crippen molar-refractivity contribution in [3.05, 3.63) is 59.2 Å². The molecule has 0 bridgehead atoms. The second-order valence-corrected chi connectivity index (χ2v) is 5.70. The van der Waals surface area contributed by atoms with Gasteiger partial charge in [-0.2, -0.15) is 0 Å². The maximum Gasteiger partial charge on any atom is 0.338 e. The number of benzene rings is 2. The first-order valence-electron chi connectivity index (χ1n) is 7.77. The molecule has 0 saturated heterocycles. The summed E-state index contributed by atoms with van der Waals surface area (Å²) in [4.78, 5) is 35.1. The first-order chi connectivity index (χ1) is 11.8. The molecule has 0 aliphatic heterocycles. The van der Waals surface area contributed by atoms with Gasteiger partial charge in [0.05, 0.1) is 5.56 Å². The molecule has 2 aromatic rings. The molecule has 0 fully saturated rings. The number of esters is 1. The second kappa shape index (κ2) is 8.10. The monoisotopic (exact) mass is 340 g/mol. The number of amides is 2. The van der Waals surface area contributed by atoms with Gasteiger partial charge in [0.1, 0.15) is 0 Å². The predicted molar refractivity (Wildman–Crippen MR) is 95.6 cm³/mol. The van der Waals surface area contributed by atoms with Crippen molar-refractivity contribution in [1.82, 2.24) is 0 Å². The van der Waals surface area contributed by atoms with E-state index in [1.807, 2.05) is 26.0 Å². The number of carbonyl (C=O) groups is 3. The lowest BCUT2D eigenvalue weighted by Gasteiger charge is -2.10. The van der Waals surface area contributed by atoms with Crippen LogP contribution >= 0.6 is 0 Å². The molecule has 0 unspecified atom stereocenters. The number of nitrogens with one attached hydrogen (secondary N) is 2. The zero-order chi connectivity index (χ0) is 18.4. The molecular formula is C19H20N2O4. The standard InChI is InChI=1S/C19H20N2O4/c1-12-7-8-13(2)17(9-12)19(24)25-11-18(23)21-16-6-4-5-15(10-16)20-14(3)22/h4-10H,11H2,1-3H3,(H,20,22)(H,21,23). The Hall–Kier alpha value is -3.15. The van der Waals surface area contributed by atoms with Crippen molar-refractivity contribution in [2.75, 3.05) is 17.2 Å². The lowest BCUT2D eigenvalue weighted by Crippen LogP contribution is -2.21. The van der Waals surface area contributed by atoms with E-state index in [9.17, 15) is 14.4 Å². The summed E-state index contributed by atoms with van der Waals surface area (Å²) in [5.41, 5.74) is 3.24. The van der Waals surface area contributed by atoms with Crippen molar-refractivity contribution in [1.29, 1.82) is 0 Å². The average molecular weight is 340 g/mol. The molecular weight excluding hydrogens is 320 g/mol. The fraction of sp³-hybridized carbons (Fsp3) is 0.211. The normalized spacial score (nSPS) is 10.0. The third-order valence-corrected chi connectivity index (χ3v) is 3.41. The van der Waals surface area contributed by atoms with Crippen LogP contribution in [0, 0.1) is 13.8 Å². The fourth-order valence-electron chi connectivity index (χ4n) is 2.24. The van der Waals surface area contributed by atoms with Crippen LogP contribution in [0.15, 0.2) is 42.5 Å². The topological polar surface area (TPSA) is 84.5 Å². The molecule has 0 aliphatic carbocycles. The number of rotatable bonds is 5. The molecule has 0 spiro atoms. The van der Waals surface area contributed by atoms with E-state index in [0.717, 1.165) is 11.1 Å². The van der Waals surface area contributed by atoms with E-state index in [0.29, 0.717) is 16.9 Å². The molecule has 25 heavy (non-hydrogen) atoms. The summed E-state index contributed by atoms with van der Waals surface area (Å²) < 4.78 is 5.07. The van der Waals surface area contributed by atoms with Gasteiger partial charge >= 0.3 is 5.97 Å². The minimum absolute atomic E-state index is 0.203. The highest BCUT2D eigenvalue weighted by Crippen LogP contribution is 2.15. The van der Waals surface area contributed by atoms with Gasteiger partial charge in [0.2, 0.25) is 5.91 Å². The van der Waals surface area contributed by atoms with Gasteiger partial charge in [0, 0.05) is 18.3 Å². The number of hydrogen-bond acceptors (Lipinski definition) is 4. The minimum Gasteiger partial charge on any atom is -0.452 e. The minimum atomic E-state index is -0.539. The number of aryl methyl sites for hydroxylation is 2. The summed E-state index contributed by atoms with van der Waals surface area (Å²) in [6.45, 7) is 4.70. The third-order valence-electron chi connectivity index (χ3n) is 3.41. The van der Waals surface area contributed by atoms with Gasteiger partial charge in [0.25, 0.3) is 5.91 Å². The Balaban J connectivity index is 1.93. The molecule has 6 heteroatoms. The van der Waals surface area contributed by atoms with E-state index in [-0.39, 0.29) is 5.91 Å². The molecule has 6 nitrogen and oxygen atoms in total. The second-order valence-electron chi connectivity index (χ2n) is 5.70. The van der Waals surface area contributed by atoms with Crippen LogP contribution in [-0.2, 0) is 14.3 Å². The zero-order valence-corrected chi connectivity index (χ0v) is 14.4. The number of hydrogen-bond donors (Lipinski definition) is 2. The first kappa shape index (κ1) is 18.2. The Bertz CT molecular complexity index is 815. The molecule has 0 heterocycles. The van der Waals surface area contributed by atoms with Crippen molar-refractivity contribution in [2.45, 2.75) is 20.8 Å². The van der Waals surface area contributed by atoms with Crippen LogP contribution in [-0.4, -0.2) is 24.4 Å². The van der Waals surface area contributed by atoms with Crippen LogP contribution in [0.2, 0.25) is 0 Å². The summed E-state index contributed by atoms with van der Waals surface area (Å²) in [5.74, 6) is -1.20. The molecule has 0 aromatic heterocycles. The molecule has 0 atom stereocenters. The van der Waals surface area contributed by atoms with Crippen molar-refractivity contribution >= 4 is 29.2 Å². The Morgan fingerprint density at radius 1 is 0.960 bits per heavy atom. The van der Waals surface area contributed by atoms with Crippen LogP contribution < -0.4 is 10.6 Å². The summed E-state index contributed by atoms with van der Waals surface area (Å²) in [7, 11) is 0. The van der Waals surface area contributed by atoms with Gasteiger partial charge in [0.15, 0.2) is 6.61 Å². The maximum atomic E-state index is 12.1. The average Bonchev–Trinajstić information content (AvgIpc) is 2.54. The van der Waals surface area contributed by atoms with Crippen molar-refractivity contribution in [3.8, 4) is 0 Å². The fourth-order valence-corrected chi connectivity index (χ4v) is 2.24. The predicted octanol–water partition coefficient (Wildman–Crippen LogP) is 3.06. The highest BCUT2D eigenvalue weighted by Gasteiger charge is 2.13. The maximum absolute atomic E-state index is 12.1. The summed E-state index contributed by atoms with van der Waals surface area (Å²) in [5, 5.41) is 5.25. The van der Waals surface area contributed by atoms with E-state index >= 15 is 0 Å². The van der Waals surface area contributed by atoms with Crippen molar-refractivity contribution in [3.63, 3.8) is 0 Å². The molecule has 0 aliphatic rings. The highest BCUT2D eigenvalue weighted by atomic mass is 16.5. The largest absolute Gasteiger partial charge is 0.452 e. The van der Waals surface area contributed by atoms with E-state index in [2.05, 4.69) is 10.6 Å². The molecule has 2 N–H and O–H groups in total. The van der Waals surface area contributed by atoms with E-state index in [1.165, 1.54) is 6.92 Å². The summed E-state index contributed by atoms with van der Waals surface area (Å²) in [6.07, 6.45) is 0. The van der Waals surface area contributed by atoms with Crippen LogP contribution in [0.3, 0.4) is 0 Å². The molecule has 2 rings (SSSR count). The van der Waals surface area contributed by atoms with E-state index < -0.39 is 18.5 Å². The summed E-state index contributed by atoms with van der Waals surface area (Å²) >= 11 is 0. The van der Waals surface area contributed by atoms with Gasteiger partial charge in [-0.1, -0.05) is 23.8 Å². The molecule has 130 valence electrons. The van der Waals surface area contributed by atoms with Crippen LogP contribution in [0.1, 0.15) is 28.4 Å². The van der Waals surface area contributed by atoms with Gasteiger partial charge in [-0.05, 0) is 43.7 Å². The van der Waals surface area contributed by atoms with Crippen LogP contribution in [0.5, 0.6) is 0 Å². The van der Waals surface area contributed by atoms with Gasteiger partial charge in [-0.3, -0.25) is 9.59 Å². The molecule has 2 amide bonds. The van der Waals surface area contributed by atoms with E-state index in [4.69, 9.17) is 4.74 Å². The van der Waals surface area contributed by atoms with E-state index in [1.54, 1.807) is 30.3 Å². The van der Waals surface area contributed by atoms with Gasteiger partial charge < -0.3 is 15.4 Å². The molecule has 0 saturated carbocycles. The van der Waals surface area contributed by atoms with Crippen LogP contribution in [0.4, 0.5) is 11.4 Å². The van der Waals surface area contributed by atoms with Gasteiger partial charge in [-0.25, -0.2) is 4.79 Å². The number of carbonyl (C=O) groups excluding carboxylic acids is 3. The SMILES string of the molecule is CC(=O)Nc1cccc(NC(=O)COC(=O)c2cc(C)ccc2C)c1.